The van der Waals surface area contributed by atoms with E-state index in [1.54, 1.807) is 0 Å². The minimum absolute atomic E-state index is 0.130. The molecule has 1 aliphatic carbocycles. The van der Waals surface area contributed by atoms with Crippen molar-refractivity contribution >= 4 is 17.4 Å². The number of benzene rings is 1. The van der Waals surface area contributed by atoms with E-state index in [0.717, 1.165) is 31.2 Å². The highest BCUT2D eigenvalue weighted by molar-refractivity contribution is 6.31. The maximum absolute atomic E-state index is 12.3. The van der Waals surface area contributed by atoms with Gasteiger partial charge in [-0.25, -0.2) is 0 Å². The summed E-state index contributed by atoms with van der Waals surface area (Å²) in [6.07, 6.45) is 5.30. The van der Waals surface area contributed by atoms with Gasteiger partial charge in [0.2, 0.25) is 0 Å². The van der Waals surface area contributed by atoms with Crippen LogP contribution in [0.1, 0.15) is 37.7 Å². The zero-order chi connectivity index (χ0) is 12.3. The Labute approximate surface area is 107 Å². The van der Waals surface area contributed by atoms with Gasteiger partial charge in [-0.3, -0.25) is 4.79 Å². The molecule has 92 valence electrons. The van der Waals surface area contributed by atoms with Crippen molar-refractivity contribution in [1.82, 2.24) is 0 Å². The third-order valence-corrected chi connectivity index (χ3v) is 3.98. The Kier molecular flexibility index (Phi) is 3.85. The van der Waals surface area contributed by atoms with Crippen molar-refractivity contribution in [3.8, 4) is 0 Å². The van der Waals surface area contributed by atoms with Gasteiger partial charge in [0.15, 0.2) is 5.78 Å². The summed E-state index contributed by atoms with van der Waals surface area (Å²) >= 11 is 6.06. The number of carbonyl (C=O) groups excluding carboxylic acids is 1. The van der Waals surface area contributed by atoms with Crippen LogP contribution in [0.15, 0.2) is 24.3 Å². The first-order valence-corrected chi connectivity index (χ1v) is 6.55. The lowest BCUT2D eigenvalue weighted by molar-refractivity contribution is -0.124. The van der Waals surface area contributed by atoms with Crippen molar-refractivity contribution in [1.29, 1.82) is 0 Å². The first-order valence-electron chi connectivity index (χ1n) is 6.17. The van der Waals surface area contributed by atoms with Crippen LogP contribution in [0.5, 0.6) is 0 Å². The average molecular weight is 252 g/mol. The van der Waals surface area contributed by atoms with E-state index in [9.17, 15) is 4.79 Å². The highest BCUT2D eigenvalue weighted by Crippen LogP contribution is 2.28. The molecule has 1 aromatic carbocycles. The molecule has 2 nitrogen and oxygen atoms in total. The lowest BCUT2D eigenvalue weighted by atomic mass is 9.78. The molecule has 0 heterocycles. The fourth-order valence-electron chi connectivity index (χ4n) is 2.45. The summed E-state index contributed by atoms with van der Waals surface area (Å²) in [5, 5.41) is 0.653. The number of nitrogens with two attached hydrogens (primary N) is 1. The van der Waals surface area contributed by atoms with Gasteiger partial charge in [0.05, 0.1) is 5.54 Å². The Morgan fingerprint density at radius 1 is 1.24 bits per heavy atom. The predicted octanol–water partition coefficient (Wildman–Crippen LogP) is 3.11. The molecule has 1 fully saturated rings. The molecule has 0 radical (unpaired) electrons. The zero-order valence-electron chi connectivity index (χ0n) is 9.92. The van der Waals surface area contributed by atoms with Gasteiger partial charge >= 0.3 is 0 Å². The second kappa shape index (κ2) is 5.19. The molecule has 0 bridgehead atoms. The van der Waals surface area contributed by atoms with Gasteiger partial charge in [0.25, 0.3) is 0 Å². The van der Waals surface area contributed by atoms with Crippen molar-refractivity contribution in [2.75, 3.05) is 0 Å². The van der Waals surface area contributed by atoms with Gasteiger partial charge in [-0.2, -0.15) is 0 Å². The summed E-state index contributed by atoms with van der Waals surface area (Å²) in [7, 11) is 0. The van der Waals surface area contributed by atoms with E-state index in [4.69, 9.17) is 17.3 Å². The van der Waals surface area contributed by atoms with Crippen LogP contribution in [0.2, 0.25) is 5.02 Å². The minimum atomic E-state index is -0.614. The molecule has 1 aromatic rings. The Morgan fingerprint density at radius 3 is 2.53 bits per heavy atom. The SMILES string of the molecule is NC1(C(=O)Cc2ccccc2Cl)CCCCC1. The molecule has 2 rings (SSSR count). The van der Waals surface area contributed by atoms with Crippen LogP contribution in [0.3, 0.4) is 0 Å². The lowest BCUT2D eigenvalue weighted by Gasteiger charge is -2.32. The smallest absolute Gasteiger partial charge is 0.157 e. The molecule has 1 saturated carbocycles. The molecule has 2 N–H and O–H groups in total. The van der Waals surface area contributed by atoms with E-state index in [-0.39, 0.29) is 5.78 Å². The Bertz CT molecular complexity index is 410. The summed E-state index contributed by atoms with van der Waals surface area (Å²) in [5.74, 6) is 0.130. The van der Waals surface area contributed by atoms with Gasteiger partial charge in [-0.1, -0.05) is 49.1 Å². The van der Waals surface area contributed by atoms with Gasteiger partial charge in [0.1, 0.15) is 0 Å². The van der Waals surface area contributed by atoms with E-state index in [0.29, 0.717) is 11.4 Å². The molecule has 0 unspecified atom stereocenters. The first kappa shape index (κ1) is 12.6. The molecule has 0 amide bonds. The van der Waals surface area contributed by atoms with E-state index in [1.165, 1.54) is 6.42 Å². The molecule has 0 spiro atoms. The van der Waals surface area contributed by atoms with Gasteiger partial charge in [-0.15, -0.1) is 0 Å². The van der Waals surface area contributed by atoms with Gasteiger partial charge in [0, 0.05) is 11.4 Å². The van der Waals surface area contributed by atoms with Crippen LogP contribution in [-0.2, 0) is 11.2 Å². The van der Waals surface area contributed by atoms with Crippen LogP contribution in [0, 0.1) is 0 Å². The normalized spacial score (nSPS) is 18.9. The van der Waals surface area contributed by atoms with Crippen molar-refractivity contribution in [2.45, 2.75) is 44.1 Å². The zero-order valence-corrected chi connectivity index (χ0v) is 10.7. The number of hydrogen-bond donors (Lipinski definition) is 1. The Morgan fingerprint density at radius 2 is 1.88 bits per heavy atom. The summed E-state index contributed by atoms with van der Waals surface area (Å²) < 4.78 is 0. The third-order valence-electron chi connectivity index (χ3n) is 3.61. The van der Waals surface area contributed by atoms with Crippen molar-refractivity contribution in [3.63, 3.8) is 0 Å². The minimum Gasteiger partial charge on any atom is -0.319 e. The van der Waals surface area contributed by atoms with E-state index < -0.39 is 5.54 Å². The lowest BCUT2D eigenvalue weighted by Crippen LogP contribution is -2.50. The van der Waals surface area contributed by atoms with Crippen LogP contribution in [-0.4, -0.2) is 11.3 Å². The standard InChI is InChI=1S/C14H18ClNO/c15-12-7-3-2-6-11(12)10-13(17)14(16)8-4-1-5-9-14/h2-3,6-7H,1,4-5,8-10,16H2. The molecule has 3 heteroatoms. The maximum Gasteiger partial charge on any atom is 0.157 e. The summed E-state index contributed by atoms with van der Waals surface area (Å²) in [6, 6.07) is 7.48. The van der Waals surface area contributed by atoms with E-state index in [2.05, 4.69) is 0 Å². The predicted molar refractivity (Wildman–Crippen MR) is 70.2 cm³/mol. The second-order valence-electron chi connectivity index (χ2n) is 4.91. The number of hydrogen-bond acceptors (Lipinski definition) is 2. The van der Waals surface area contributed by atoms with E-state index >= 15 is 0 Å². The summed E-state index contributed by atoms with van der Waals surface area (Å²) in [5.41, 5.74) is 6.48. The van der Waals surface area contributed by atoms with Crippen LogP contribution in [0.4, 0.5) is 0 Å². The molecule has 0 aromatic heterocycles. The molecular weight excluding hydrogens is 234 g/mol. The molecule has 0 saturated heterocycles. The number of Topliss-reactive ketones (excluding diaryl/α,β-unsaturated/α-hetero) is 1. The Balaban J connectivity index is 2.08. The molecule has 17 heavy (non-hydrogen) atoms. The van der Waals surface area contributed by atoms with Gasteiger partial charge < -0.3 is 5.73 Å². The number of halogens is 1. The summed E-state index contributed by atoms with van der Waals surface area (Å²) in [6.45, 7) is 0. The fraction of sp³-hybridized carbons (Fsp3) is 0.500. The quantitative estimate of drug-likeness (QED) is 0.897. The maximum atomic E-state index is 12.3. The van der Waals surface area contributed by atoms with Gasteiger partial charge in [-0.05, 0) is 24.5 Å². The number of rotatable bonds is 3. The molecule has 1 aliphatic rings. The van der Waals surface area contributed by atoms with E-state index in [1.807, 2.05) is 24.3 Å². The average Bonchev–Trinajstić information content (AvgIpc) is 2.33. The fourth-order valence-corrected chi connectivity index (χ4v) is 2.65. The topological polar surface area (TPSA) is 43.1 Å². The monoisotopic (exact) mass is 251 g/mol. The van der Waals surface area contributed by atoms with Crippen LogP contribution < -0.4 is 5.73 Å². The van der Waals surface area contributed by atoms with Crippen LogP contribution >= 0.6 is 11.6 Å². The van der Waals surface area contributed by atoms with Crippen molar-refractivity contribution < 1.29 is 4.79 Å². The second-order valence-corrected chi connectivity index (χ2v) is 5.32. The molecule has 0 atom stereocenters. The molecular formula is C14H18ClNO. The molecule has 0 aliphatic heterocycles. The summed E-state index contributed by atoms with van der Waals surface area (Å²) in [4.78, 5) is 12.3. The third kappa shape index (κ3) is 2.88. The highest BCUT2D eigenvalue weighted by atomic mass is 35.5. The first-order chi connectivity index (χ1) is 8.12. The van der Waals surface area contributed by atoms with Crippen molar-refractivity contribution in [2.24, 2.45) is 5.73 Å². The largest absolute Gasteiger partial charge is 0.319 e. The van der Waals surface area contributed by atoms with Crippen molar-refractivity contribution in [3.05, 3.63) is 34.9 Å². The number of ketones is 1. The Hall–Kier alpha value is -0.860. The highest BCUT2D eigenvalue weighted by Gasteiger charge is 2.34. The number of carbonyl (C=O) groups is 1. The van der Waals surface area contributed by atoms with Crippen LogP contribution in [0.25, 0.3) is 0 Å².